The van der Waals surface area contributed by atoms with E-state index < -0.39 is 0 Å². The SMILES string of the molecule is Cc1ccc(C)c(OCc2ccc(-c3nc(C#N)c(NCC4CCCO4)o3)o2)c1. The maximum absolute atomic E-state index is 9.34. The molecule has 0 bridgehead atoms. The molecule has 1 unspecified atom stereocenters. The summed E-state index contributed by atoms with van der Waals surface area (Å²) in [6.07, 6.45) is 2.18. The average Bonchev–Trinajstić information content (AvgIpc) is 3.47. The van der Waals surface area contributed by atoms with Crippen molar-refractivity contribution >= 4 is 5.88 Å². The molecule has 7 heteroatoms. The number of rotatable bonds is 7. The third-order valence-electron chi connectivity index (χ3n) is 4.83. The van der Waals surface area contributed by atoms with Crippen molar-refractivity contribution in [3.05, 3.63) is 52.9 Å². The topological polar surface area (TPSA) is 93.5 Å². The lowest BCUT2D eigenvalue weighted by molar-refractivity contribution is 0.120. The molecule has 1 fully saturated rings. The second-order valence-electron chi connectivity index (χ2n) is 7.15. The van der Waals surface area contributed by atoms with Crippen molar-refractivity contribution in [1.82, 2.24) is 4.98 Å². The predicted molar refractivity (Wildman–Crippen MR) is 107 cm³/mol. The van der Waals surface area contributed by atoms with E-state index in [1.54, 1.807) is 6.07 Å². The fraction of sp³-hybridized carbons (Fsp3) is 0.364. The Morgan fingerprint density at radius 3 is 2.93 bits per heavy atom. The summed E-state index contributed by atoms with van der Waals surface area (Å²) in [5.41, 5.74) is 2.40. The zero-order valence-corrected chi connectivity index (χ0v) is 16.5. The number of nitriles is 1. The number of aryl methyl sites for hydroxylation is 2. The molecule has 3 aromatic rings. The van der Waals surface area contributed by atoms with Gasteiger partial charge in [0.25, 0.3) is 5.89 Å². The Bertz CT molecular complexity index is 1030. The number of anilines is 1. The van der Waals surface area contributed by atoms with E-state index in [9.17, 15) is 5.26 Å². The molecule has 1 aliphatic heterocycles. The molecule has 4 rings (SSSR count). The van der Waals surface area contributed by atoms with Gasteiger partial charge in [0, 0.05) is 13.2 Å². The van der Waals surface area contributed by atoms with Gasteiger partial charge in [-0.05, 0) is 56.0 Å². The van der Waals surface area contributed by atoms with Crippen LogP contribution in [0.2, 0.25) is 0 Å². The Kier molecular flexibility index (Phi) is 5.54. The Morgan fingerprint density at radius 1 is 1.24 bits per heavy atom. The minimum absolute atomic E-state index is 0.132. The highest BCUT2D eigenvalue weighted by Gasteiger charge is 2.20. The summed E-state index contributed by atoms with van der Waals surface area (Å²) in [5.74, 6) is 2.51. The van der Waals surface area contributed by atoms with Gasteiger partial charge in [-0.2, -0.15) is 10.2 Å². The fourth-order valence-corrected chi connectivity index (χ4v) is 3.22. The molecule has 1 N–H and O–H groups in total. The van der Waals surface area contributed by atoms with Crippen molar-refractivity contribution in [3.63, 3.8) is 0 Å². The van der Waals surface area contributed by atoms with Crippen molar-refractivity contribution < 1.29 is 18.3 Å². The highest BCUT2D eigenvalue weighted by molar-refractivity contribution is 5.54. The molecular weight excluding hydrogens is 370 g/mol. The average molecular weight is 393 g/mol. The largest absolute Gasteiger partial charge is 0.485 e. The van der Waals surface area contributed by atoms with E-state index in [0.717, 1.165) is 36.3 Å². The van der Waals surface area contributed by atoms with Crippen LogP contribution in [0.15, 0.2) is 39.2 Å². The van der Waals surface area contributed by atoms with Gasteiger partial charge in [0.1, 0.15) is 24.2 Å². The molecule has 0 radical (unpaired) electrons. The van der Waals surface area contributed by atoms with Crippen molar-refractivity contribution in [2.75, 3.05) is 18.5 Å². The molecule has 7 nitrogen and oxygen atoms in total. The number of hydrogen-bond donors (Lipinski definition) is 1. The molecule has 150 valence electrons. The van der Waals surface area contributed by atoms with Gasteiger partial charge in [-0.25, -0.2) is 0 Å². The van der Waals surface area contributed by atoms with E-state index in [4.69, 9.17) is 18.3 Å². The molecule has 0 saturated carbocycles. The Hall–Kier alpha value is -3.24. The molecule has 1 saturated heterocycles. The summed E-state index contributed by atoms with van der Waals surface area (Å²) >= 11 is 0. The van der Waals surface area contributed by atoms with Crippen LogP contribution in [0.25, 0.3) is 11.7 Å². The van der Waals surface area contributed by atoms with Crippen LogP contribution in [0.4, 0.5) is 5.88 Å². The monoisotopic (exact) mass is 393 g/mol. The summed E-state index contributed by atoms with van der Waals surface area (Å²) in [7, 11) is 0. The van der Waals surface area contributed by atoms with Gasteiger partial charge in [0.05, 0.1) is 6.10 Å². The standard InChI is InChI=1S/C22H23N3O4/c1-14-5-6-15(2)20(10-14)27-13-17-7-8-19(28-17)22-25-18(11-23)21(29-22)24-12-16-4-3-9-26-16/h5-8,10,16,24H,3-4,9,12-13H2,1-2H3. The Morgan fingerprint density at radius 2 is 2.14 bits per heavy atom. The van der Waals surface area contributed by atoms with Gasteiger partial charge in [-0.3, -0.25) is 0 Å². The molecule has 0 amide bonds. The summed E-state index contributed by atoms with van der Waals surface area (Å²) in [6, 6.07) is 11.7. The normalized spacial score (nSPS) is 16.0. The molecule has 0 spiro atoms. The maximum atomic E-state index is 9.34. The highest BCUT2D eigenvalue weighted by atomic mass is 16.5. The summed E-state index contributed by atoms with van der Waals surface area (Å²) in [4.78, 5) is 4.24. The Labute approximate surface area is 169 Å². The van der Waals surface area contributed by atoms with Crippen LogP contribution < -0.4 is 10.1 Å². The predicted octanol–water partition coefficient (Wildman–Crippen LogP) is 4.59. The molecule has 1 atom stereocenters. The molecule has 1 aliphatic rings. The molecule has 29 heavy (non-hydrogen) atoms. The van der Waals surface area contributed by atoms with Gasteiger partial charge >= 0.3 is 0 Å². The summed E-state index contributed by atoms with van der Waals surface area (Å²) in [5, 5.41) is 12.5. The van der Waals surface area contributed by atoms with Crippen LogP contribution in [-0.2, 0) is 11.3 Å². The fourth-order valence-electron chi connectivity index (χ4n) is 3.22. The minimum Gasteiger partial charge on any atom is -0.485 e. The van der Waals surface area contributed by atoms with E-state index in [0.29, 0.717) is 30.6 Å². The number of ether oxygens (including phenoxy) is 2. The van der Waals surface area contributed by atoms with E-state index in [1.807, 2.05) is 38.1 Å². The molecule has 2 aromatic heterocycles. The van der Waals surface area contributed by atoms with Crippen molar-refractivity contribution in [2.24, 2.45) is 0 Å². The first kappa shape index (κ1) is 19.1. The second kappa shape index (κ2) is 8.41. The van der Waals surface area contributed by atoms with Crippen LogP contribution in [-0.4, -0.2) is 24.2 Å². The first-order valence-corrected chi connectivity index (χ1v) is 9.68. The maximum Gasteiger partial charge on any atom is 0.266 e. The van der Waals surface area contributed by atoms with Crippen molar-refractivity contribution in [2.45, 2.75) is 39.4 Å². The Balaban J connectivity index is 1.43. The van der Waals surface area contributed by atoms with Gasteiger partial charge in [-0.15, -0.1) is 0 Å². The zero-order chi connectivity index (χ0) is 20.2. The minimum atomic E-state index is 0.132. The first-order chi connectivity index (χ1) is 14.1. The zero-order valence-electron chi connectivity index (χ0n) is 16.5. The number of hydrogen-bond acceptors (Lipinski definition) is 7. The summed E-state index contributed by atoms with van der Waals surface area (Å²) in [6.45, 7) is 5.68. The summed E-state index contributed by atoms with van der Waals surface area (Å²) < 4.78 is 23.0. The molecule has 3 heterocycles. The van der Waals surface area contributed by atoms with Gasteiger partial charge < -0.3 is 23.6 Å². The van der Waals surface area contributed by atoms with Crippen LogP contribution in [0.3, 0.4) is 0 Å². The van der Waals surface area contributed by atoms with E-state index in [2.05, 4.69) is 16.4 Å². The highest BCUT2D eigenvalue weighted by Crippen LogP contribution is 2.28. The number of benzene rings is 1. The van der Waals surface area contributed by atoms with Crippen LogP contribution in [0.1, 0.15) is 35.4 Å². The van der Waals surface area contributed by atoms with Crippen LogP contribution >= 0.6 is 0 Å². The van der Waals surface area contributed by atoms with E-state index in [1.165, 1.54) is 0 Å². The lowest BCUT2D eigenvalue weighted by atomic mass is 10.1. The second-order valence-corrected chi connectivity index (χ2v) is 7.15. The third-order valence-corrected chi connectivity index (χ3v) is 4.83. The number of oxazole rings is 1. The smallest absolute Gasteiger partial charge is 0.266 e. The lowest BCUT2D eigenvalue weighted by Crippen LogP contribution is -2.18. The number of aromatic nitrogens is 1. The number of nitrogens with one attached hydrogen (secondary N) is 1. The first-order valence-electron chi connectivity index (χ1n) is 9.68. The third kappa shape index (κ3) is 4.44. The molecular formula is C22H23N3O4. The van der Waals surface area contributed by atoms with E-state index >= 15 is 0 Å². The van der Waals surface area contributed by atoms with E-state index in [-0.39, 0.29) is 17.7 Å². The number of nitrogens with zero attached hydrogens (tertiary/aromatic N) is 2. The number of furan rings is 1. The van der Waals surface area contributed by atoms with Gasteiger partial charge in [-0.1, -0.05) is 12.1 Å². The molecule has 1 aromatic carbocycles. The van der Waals surface area contributed by atoms with Crippen molar-refractivity contribution in [3.8, 4) is 23.5 Å². The van der Waals surface area contributed by atoms with Crippen molar-refractivity contribution in [1.29, 1.82) is 5.26 Å². The van der Waals surface area contributed by atoms with Crippen LogP contribution in [0, 0.1) is 25.2 Å². The quantitative estimate of drug-likeness (QED) is 0.627. The van der Waals surface area contributed by atoms with Gasteiger partial charge in [0.2, 0.25) is 11.6 Å². The van der Waals surface area contributed by atoms with Crippen LogP contribution in [0.5, 0.6) is 5.75 Å². The molecule has 0 aliphatic carbocycles. The van der Waals surface area contributed by atoms with Gasteiger partial charge in [0.15, 0.2) is 5.76 Å². The lowest BCUT2D eigenvalue weighted by Gasteiger charge is -2.09.